The number of rotatable bonds is 6. The Morgan fingerprint density at radius 1 is 1.05 bits per heavy atom. The first kappa shape index (κ1) is 15.3. The molecular weight excluding hydrogens is 264 g/mol. The summed E-state index contributed by atoms with van der Waals surface area (Å²) in [6.45, 7) is 4.19. The molecule has 0 saturated carbocycles. The lowest BCUT2D eigenvalue weighted by molar-refractivity contribution is 0.0412. The van der Waals surface area contributed by atoms with E-state index in [0.717, 1.165) is 16.9 Å². The second kappa shape index (κ2) is 7.04. The summed E-state index contributed by atoms with van der Waals surface area (Å²) in [5.41, 5.74) is 2.83. The van der Waals surface area contributed by atoms with Crippen molar-refractivity contribution in [1.82, 2.24) is 0 Å². The molecule has 0 aliphatic heterocycles. The molecular formula is C18H20O3. The van der Waals surface area contributed by atoms with Crippen LogP contribution in [-0.2, 0) is 11.3 Å². The van der Waals surface area contributed by atoms with Crippen LogP contribution >= 0.6 is 0 Å². The van der Waals surface area contributed by atoms with E-state index in [1.165, 1.54) is 0 Å². The average Bonchev–Trinajstić information content (AvgIpc) is 2.53. The molecule has 0 aromatic heterocycles. The van der Waals surface area contributed by atoms with Gasteiger partial charge in [0.05, 0.1) is 13.7 Å². The van der Waals surface area contributed by atoms with E-state index in [0.29, 0.717) is 12.2 Å². The second-order valence-electron chi connectivity index (χ2n) is 5.03. The van der Waals surface area contributed by atoms with Gasteiger partial charge in [-0.15, -0.1) is 0 Å². The van der Waals surface area contributed by atoms with Gasteiger partial charge in [0.1, 0.15) is 11.9 Å². The number of hydrogen-bond acceptors (Lipinski definition) is 3. The first-order valence-corrected chi connectivity index (χ1v) is 6.95. The molecule has 0 heterocycles. The molecule has 0 aliphatic rings. The number of hydrogen-bond donors (Lipinski definition) is 0. The van der Waals surface area contributed by atoms with Crippen LogP contribution in [0, 0.1) is 6.92 Å². The molecule has 0 saturated heterocycles. The van der Waals surface area contributed by atoms with Crippen LogP contribution in [0.15, 0.2) is 48.5 Å². The fourth-order valence-electron chi connectivity index (χ4n) is 1.97. The monoisotopic (exact) mass is 284 g/mol. The molecule has 1 unspecified atom stereocenters. The average molecular weight is 284 g/mol. The molecule has 1 atom stereocenters. The van der Waals surface area contributed by atoms with E-state index in [2.05, 4.69) is 0 Å². The van der Waals surface area contributed by atoms with Crippen LogP contribution in [0.5, 0.6) is 5.75 Å². The normalized spacial score (nSPS) is 12.0. The lowest BCUT2D eigenvalue weighted by Crippen LogP contribution is -2.20. The van der Waals surface area contributed by atoms with Gasteiger partial charge in [-0.3, -0.25) is 4.79 Å². The zero-order chi connectivity index (χ0) is 15.2. The number of carbonyl (C=O) groups excluding carboxylic acids is 1. The summed E-state index contributed by atoms with van der Waals surface area (Å²) in [7, 11) is 1.63. The fraction of sp³-hybridized carbons (Fsp3) is 0.278. The number of methoxy groups -OCH3 is 1. The summed E-state index contributed by atoms with van der Waals surface area (Å²) < 4.78 is 10.8. The van der Waals surface area contributed by atoms with Gasteiger partial charge < -0.3 is 9.47 Å². The maximum absolute atomic E-state index is 12.2. The highest BCUT2D eigenvalue weighted by Crippen LogP contribution is 2.14. The molecule has 3 heteroatoms. The molecule has 2 aromatic rings. The van der Waals surface area contributed by atoms with E-state index < -0.39 is 6.10 Å². The van der Waals surface area contributed by atoms with Gasteiger partial charge in [0.2, 0.25) is 0 Å². The highest BCUT2D eigenvalue weighted by atomic mass is 16.5. The number of aryl methyl sites for hydroxylation is 1. The number of ether oxygens (including phenoxy) is 2. The Hall–Kier alpha value is -2.13. The molecule has 0 fully saturated rings. The maximum Gasteiger partial charge on any atom is 0.191 e. The SMILES string of the molecule is COc1ccc(COC(C)C(=O)c2ccc(C)cc2)cc1. The number of Topliss-reactive ketones (excluding diaryl/α,β-unsaturated/α-hetero) is 1. The van der Waals surface area contributed by atoms with Gasteiger partial charge in [-0.25, -0.2) is 0 Å². The van der Waals surface area contributed by atoms with Crippen LogP contribution in [0.1, 0.15) is 28.4 Å². The van der Waals surface area contributed by atoms with E-state index in [1.54, 1.807) is 14.0 Å². The third-order valence-electron chi connectivity index (χ3n) is 3.36. The fourth-order valence-corrected chi connectivity index (χ4v) is 1.97. The van der Waals surface area contributed by atoms with Crippen molar-refractivity contribution in [2.24, 2.45) is 0 Å². The minimum Gasteiger partial charge on any atom is -0.497 e. The number of benzene rings is 2. The molecule has 3 nitrogen and oxygen atoms in total. The highest BCUT2D eigenvalue weighted by Gasteiger charge is 2.15. The Morgan fingerprint density at radius 2 is 1.67 bits per heavy atom. The standard InChI is InChI=1S/C18H20O3/c1-13-4-8-16(9-5-13)18(19)14(2)21-12-15-6-10-17(20-3)11-7-15/h4-11,14H,12H2,1-3H3. The van der Waals surface area contributed by atoms with Crippen LogP contribution < -0.4 is 4.74 Å². The maximum atomic E-state index is 12.2. The molecule has 2 aromatic carbocycles. The van der Waals surface area contributed by atoms with Gasteiger partial charge in [0, 0.05) is 5.56 Å². The largest absolute Gasteiger partial charge is 0.497 e. The van der Waals surface area contributed by atoms with Crippen LogP contribution in [0.25, 0.3) is 0 Å². The van der Waals surface area contributed by atoms with Crippen LogP contribution in [-0.4, -0.2) is 19.0 Å². The summed E-state index contributed by atoms with van der Waals surface area (Å²) >= 11 is 0. The van der Waals surface area contributed by atoms with Crippen LogP contribution in [0.2, 0.25) is 0 Å². The molecule has 110 valence electrons. The van der Waals surface area contributed by atoms with Crippen molar-refractivity contribution in [2.75, 3.05) is 7.11 Å². The van der Waals surface area contributed by atoms with Crippen LogP contribution in [0.4, 0.5) is 0 Å². The Bertz CT molecular complexity index is 585. The lowest BCUT2D eigenvalue weighted by Gasteiger charge is -2.12. The molecule has 0 aliphatic carbocycles. The van der Waals surface area contributed by atoms with Crippen molar-refractivity contribution in [3.8, 4) is 5.75 Å². The lowest BCUT2D eigenvalue weighted by atomic mass is 10.1. The van der Waals surface area contributed by atoms with Crippen molar-refractivity contribution in [2.45, 2.75) is 26.6 Å². The predicted molar refractivity (Wildman–Crippen MR) is 82.8 cm³/mol. The van der Waals surface area contributed by atoms with Crippen molar-refractivity contribution in [1.29, 1.82) is 0 Å². The number of ketones is 1. The van der Waals surface area contributed by atoms with Crippen molar-refractivity contribution >= 4 is 5.78 Å². The zero-order valence-electron chi connectivity index (χ0n) is 12.6. The third-order valence-corrected chi connectivity index (χ3v) is 3.36. The van der Waals surface area contributed by atoms with Gasteiger partial charge in [0.15, 0.2) is 5.78 Å². The topological polar surface area (TPSA) is 35.5 Å². The van der Waals surface area contributed by atoms with Crippen molar-refractivity contribution in [3.05, 3.63) is 65.2 Å². The van der Waals surface area contributed by atoms with E-state index in [-0.39, 0.29) is 5.78 Å². The van der Waals surface area contributed by atoms with E-state index in [9.17, 15) is 4.79 Å². The summed E-state index contributed by atoms with van der Waals surface area (Å²) in [5.74, 6) is 0.811. The summed E-state index contributed by atoms with van der Waals surface area (Å²) in [6.07, 6.45) is -0.463. The van der Waals surface area contributed by atoms with Gasteiger partial charge in [-0.1, -0.05) is 42.0 Å². The minimum absolute atomic E-state index is 0.00325. The van der Waals surface area contributed by atoms with Crippen molar-refractivity contribution in [3.63, 3.8) is 0 Å². The molecule has 0 bridgehead atoms. The van der Waals surface area contributed by atoms with Gasteiger partial charge in [-0.2, -0.15) is 0 Å². The summed E-state index contributed by atoms with van der Waals surface area (Å²) in [5, 5.41) is 0. The van der Waals surface area contributed by atoms with Gasteiger partial charge >= 0.3 is 0 Å². The molecule has 0 amide bonds. The number of carbonyl (C=O) groups is 1. The van der Waals surface area contributed by atoms with E-state index in [4.69, 9.17) is 9.47 Å². The van der Waals surface area contributed by atoms with Crippen LogP contribution in [0.3, 0.4) is 0 Å². The predicted octanol–water partition coefficient (Wildman–Crippen LogP) is 3.79. The van der Waals surface area contributed by atoms with Gasteiger partial charge in [0.25, 0.3) is 0 Å². The molecule has 0 spiro atoms. The summed E-state index contributed by atoms with van der Waals surface area (Å²) in [6, 6.07) is 15.2. The Labute approximate surface area is 125 Å². The quantitative estimate of drug-likeness (QED) is 0.757. The van der Waals surface area contributed by atoms with E-state index in [1.807, 2.05) is 55.5 Å². The third kappa shape index (κ3) is 4.17. The highest BCUT2D eigenvalue weighted by molar-refractivity contribution is 5.99. The van der Waals surface area contributed by atoms with Gasteiger partial charge in [-0.05, 0) is 31.5 Å². The first-order valence-electron chi connectivity index (χ1n) is 6.95. The first-order chi connectivity index (χ1) is 10.1. The zero-order valence-corrected chi connectivity index (χ0v) is 12.6. The second-order valence-corrected chi connectivity index (χ2v) is 5.03. The minimum atomic E-state index is -0.463. The van der Waals surface area contributed by atoms with E-state index >= 15 is 0 Å². The molecule has 2 rings (SSSR count). The Morgan fingerprint density at radius 3 is 2.24 bits per heavy atom. The smallest absolute Gasteiger partial charge is 0.191 e. The molecule has 0 radical (unpaired) electrons. The molecule has 21 heavy (non-hydrogen) atoms. The molecule has 0 N–H and O–H groups in total. The summed E-state index contributed by atoms with van der Waals surface area (Å²) in [4.78, 5) is 12.2. The Balaban J connectivity index is 1.92. The Kier molecular flexibility index (Phi) is 5.12. The van der Waals surface area contributed by atoms with Crippen molar-refractivity contribution < 1.29 is 14.3 Å².